The number of carbonyl (C=O) groups is 2. The standard InChI is InChI=1S/C37H58N4O4.2BrH/c1-26(42)44-34-23-28-11-12-29-30(37(28,4)25-33(34)41(22-16-39)19-9-6-10-20-41)13-14-36(3)31(29)24-32(35(36)45-27(2)43)40(21-15-38)17-7-5-8-18-40;;/h28-35H,5-14,17-25H2,1-4H3;2*1H/q+2;;/p-2/t28?,29?,30?,31?,32?,33?,34-,35?,36?,37?;;/m0../s1. The Labute approximate surface area is 304 Å². The van der Waals surface area contributed by atoms with Gasteiger partial charge in [0, 0.05) is 32.1 Å². The molecule has 6 rings (SSSR count). The average molecular weight is 783 g/mol. The summed E-state index contributed by atoms with van der Waals surface area (Å²) in [4.78, 5) is 25.1. The van der Waals surface area contributed by atoms with Crippen molar-refractivity contribution in [2.24, 2.45) is 34.5 Å². The van der Waals surface area contributed by atoms with E-state index in [4.69, 9.17) is 9.47 Å². The van der Waals surface area contributed by atoms with Gasteiger partial charge in [-0.05, 0) is 99.7 Å². The maximum atomic E-state index is 12.7. The van der Waals surface area contributed by atoms with Crippen molar-refractivity contribution in [1.29, 1.82) is 10.5 Å². The minimum absolute atomic E-state index is 0. The molecule has 2 aliphatic heterocycles. The molecule has 2 saturated heterocycles. The van der Waals surface area contributed by atoms with Crippen LogP contribution < -0.4 is 34.0 Å². The molecule has 0 N–H and O–H groups in total. The Morgan fingerprint density at radius 2 is 1.28 bits per heavy atom. The van der Waals surface area contributed by atoms with Crippen LogP contribution in [0.1, 0.15) is 111 Å². The molecule has 2 heterocycles. The molecule has 9 unspecified atom stereocenters. The third kappa shape index (κ3) is 6.68. The zero-order chi connectivity index (χ0) is 32.0. The molecule has 0 spiro atoms. The van der Waals surface area contributed by atoms with E-state index in [1.165, 1.54) is 19.3 Å². The van der Waals surface area contributed by atoms with Gasteiger partial charge in [-0.1, -0.05) is 13.8 Å². The van der Waals surface area contributed by atoms with E-state index in [1.807, 2.05) is 0 Å². The molecule has 264 valence electrons. The van der Waals surface area contributed by atoms with E-state index in [0.717, 1.165) is 99.4 Å². The Morgan fingerprint density at radius 3 is 1.81 bits per heavy atom. The predicted molar refractivity (Wildman–Crippen MR) is 170 cm³/mol. The molecule has 0 amide bonds. The van der Waals surface area contributed by atoms with Crippen molar-refractivity contribution >= 4 is 11.9 Å². The number of esters is 2. The third-order valence-electron chi connectivity index (χ3n) is 14.8. The predicted octanol–water partition coefficient (Wildman–Crippen LogP) is -0.0939. The van der Waals surface area contributed by atoms with Crippen LogP contribution in [0, 0.1) is 57.2 Å². The topological polar surface area (TPSA) is 100 Å². The summed E-state index contributed by atoms with van der Waals surface area (Å²) in [5.74, 6) is 1.75. The molecule has 0 bridgehead atoms. The van der Waals surface area contributed by atoms with Gasteiger partial charge in [0.2, 0.25) is 0 Å². The number of ether oxygens (including phenoxy) is 2. The Bertz CT molecular complexity index is 1220. The number of piperidine rings is 2. The van der Waals surface area contributed by atoms with Crippen molar-refractivity contribution in [3.63, 3.8) is 0 Å². The largest absolute Gasteiger partial charge is 1.00 e. The maximum Gasteiger partial charge on any atom is 0.303 e. The molecule has 0 aromatic rings. The van der Waals surface area contributed by atoms with Crippen molar-refractivity contribution in [2.45, 2.75) is 135 Å². The smallest absolute Gasteiger partial charge is 0.303 e. The molecular weight excluding hydrogens is 724 g/mol. The third-order valence-corrected chi connectivity index (χ3v) is 14.8. The minimum atomic E-state index is -0.191. The highest BCUT2D eigenvalue weighted by Crippen LogP contribution is 2.68. The molecular formula is C37H58Br2N4O4. The second kappa shape index (κ2) is 15.0. The van der Waals surface area contributed by atoms with Gasteiger partial charge in [0.15, 0.2) is 25.3 Å². The zero-order valence-corrected chi connectivity index (χ0v) is 32.4. The van der Waals surface area contributed by atoms with E-state index in [0.29, 0.717) is 36.8 Å². The highest BCUT2D eigenvalue weighted by Gasteiger charge is 2.68. The van der Waals surface area contributed by atoms with Crippen molar-refractivity contribution < 1.29 is 62.0 Å². The first kappa shape index (κ1) is 38.6. The van der Waals surface area contributed by atoms with Crippen LogP contribution in [-0.4, -0.2) is 84.5 Å². The van der Waals surface area contributed by atoms with Crippen molar-refractivity contribution in [2.75, 3.05) is 39.3 Å². The molecule has 0 aromatic carbocycles. The highest BCUT2D eigenvalue weighted by molar-refractivity contribution is 5.66. The maximum absolute atomic E-state index is 12.7. The lowest BCUT2D eigenvalue weighted by molar-refractivity contribution is -0.954. The Balaban J connectivity index is 0.00000250. The molecule has 6 aliphatic rings. The van der Waals surface area contributed by atoms with E-state index in [-0.39, 0.29) is 81.0 Å². The first-order valence-electron chi connectivity index (χ1n) is 18.3. The quantitative estimate of drug-likeness (QED) is 0.213. The van der Waals surface area contributed by atoms with Crippen molar-refractivity contribution in [3.8, 4) is 12.1 Å². The normalized spacial score (nSPS) is 41.5. The van der Waals surface area contributed by atoms with Crippen LogP contribution in [0.2, 0.25) is 0 Å². The van der Waals surface area contributed by atoms with Gasteiger partial charge in [0.1, 0.15) is 24.2 Å². The van der Waals surface area contributed by atoms with E-state index in [9.17, 15) is 20.1 Å². The number of quaternary nitrogens is 2. The summed E-state index contributed by atoms with van der Waals surface area (Å²) in [6.45, 7) is 13.2. The lowest BCUT2D eigenvalue weighted by Crippen LogP contribution is -3.00. The number of halogens is 2. The van der Waals surface area contributed by atoms with Gasteiger partial charge in [-0.3, -0.25) is 9.59 Å². The summed E-state index contributed by atoms with van der Waals surface area (Å²) in [5.41, 5.74) is 0.0530. The summed E-state index contributed by atoms with van der Waals surface area (Å²) in [7, 11) is 0. The minimum Gasteiger partial charge on any atom is -1.00 e. The molecule has 10 heteroatoms. The number of carbonyl (C=O) groups excluding carboxylic acids is 2. The monoisotopic (exact) mass is 780 g/mol. The highest BCUT2D eigenvalue weighted by atomic mass is 79.9. The van der Waals surface area contributed by atoms with Crippen LogP contribution in [0.25, 0.3) is 0 Å². The Morgan fingerprint density at radius 1 is 0.723 bits per heavy atom. The summed E-state index contributed by atoms with van der Waals surface area (Å²) < 4.78 is 14.1. The summed E-state index contributed by atoms with van der Waals surface area (Å²) in [6, 6.07) is 5.49. The van der Waals surface area contributed by atoms with Crippen molar-refractivity contribution in [1.82, 2.24) is 0 Å². The molecule has 4 aliphatic carbocycles. The lowest BCUT2D eigenvalue weighted by atomic mass is 9.44. The molecule has 6 fully saturated rings. The summed E-state index contributed by atoms with van der Waals surface area (Å²) in [5, 5.41) is 20.1. The van der Waals surface area contributed by atoms with Crippen LogP contribution in [0.5, 0.6) is 0 Å². The fourth-order valence-corrected chi connectivity index (χ4v) is 12.8. The molecule has 0 radical (unpaired) electrons. The van der Waals surface area contributed by atoms with Crippen LogP contribution >= 0.6 is 0 Å². The van der Waals surface area contributed by atoms with E-state index in [1.54, 1.807) is 13.8 Å². The SMILES string of the molecule is CC(=O)OC1C([N+]2(CC#N)CCCCC2)CC2C3CCC4C[C@H](OC(C)=O)C([N+]5(CC#N)CCCCC5)CC4(C)C3CCC21C.[Br-].[Br-]. The van der Waals surface area contributed by atoms with Crippen LogP contribution in [-0.2, 0) is 19.1 Å². The number of nitriles is 2. The second-order valence-corrected chi connectivity index (χ2v) is 16.8. The molecule has 47 heavy (non-hydrogen) atoms. The number of fused-ring (bicyclic) bond motifs is 5. The zero-order valence-electron chi connectivity index (χ0n) is 29.2. The second-order valence-electron chi connectivity index (χ2n) is 16.8. The van der Waals surface area contributed by atoms with Gasteiger partial charge in [-0.25, -0.2) is 0 Å². The van der Waals surface area contributed by atoms with E-state index in [2.05, 4.69) is 26.0 Å². The number of hydrogen-bond acceptors (Lipinski definition) is 6. The van der Waals surface area contributed by atoms with Gasteiger partial charge < -0.3 is 52.4 Å². The van der Waals surface area contributed by atoms with Gasteiger partial charge in [0.25, 0.3) is 0 Å². The Kier molecular flexibility index (Phi) is 12.3. The molecule has 10 atom stereocenters. The van der Waals surface area contributed by atoms with Crippen LogP contribution in [0.3, 0.4) is 0 Å². The van der Waals surface area contributed by atoms with Crippen molar-refractivity contribution in [3.05, 3.63) is 0 Å². The average Bonchev–Trinajstić information content (AvgIpc) is 3.30. The summed E-state index contributed by atoms with van der Waals surface area (Å²) >= 11 is 0. The van der Waals surface area contributed by atoms with Crippen LogP contribution in [0.4, 0.5) is 0 Å². The fourth-order valence-electron chi connectivity index (χ4n) is 12.8. The van der Waals surface area contributed by atoms with E-state index >= 15 is 0 Å². The van der Waals surface area contributed by atoms with Gasteiger partial charge in [-0.2, -0.15) is 10.5 Å². The molecule has 4 saturated carbocycles. The molecule has 8 nitrogen and oxygen atoms in total. The van der Waals surface area contributed by atoms with Gasteiger partial charge >= 0.3 is 11.9 Å². The number of hydrogen-bond donors (Lipinski definition) is 0. The van der Waals surface area contributed by atoms with Crippen LogP contribution in [0.15, 0.2) is 0 Å². The van der Waals surface area contributed by atoms with Gasteiger partial charge in [-0.15, -0.1) is 0 Å². The lowest BCUT2D eigenvalue weighted by Gasteiger charge is -2.63. The molecule has 0 aromatic heterocycles. The first-order chi connectivity index (χ1) is 21.5. The fraction of sp³-hybridized carbons (Fsp3) is 0.892. The number of nitrogens with zero attached hydrogens (tertiary/aromatic N) is 4. The summed E-state index contributed by atoms with van der Waals surface area (Å²) in [6.07, 6.45) is 14.3. The first-order valence-corrected chi connectivity index (χ1v) is 18.3. The number of rotatable bonds is 6. The number of likely N-dealkylation sites (tertiary alicyclic amines) is 2. The Hall–Kier alpha value is -1.20. The van der Waals surface area contributed by atoms with Gasteiger partial charge in [0.05, 0.1) is 26.2 Å². The van der Waals surface area contributed by atoms with E-state index < -0.39 is 0 Å².